The molecule has 0 radical (unpaired) electrons. The molecule has 1 N–H and O–H groups in total. The molecule has 20 heavy (non-hydrogen) atoms. The fourth-order valence-electron chi connectivity index (χ4n) is 1.95. The number of aryl methyl sites for hydroxylation is 2. The van der Waals surface area contributed by atoms with Gasteiger partial charge in [0.25, 0.3) is 0 Å². The van der Waals surface area contributed by atoms with Crippen LogP contribution in [0.25, 0.3) is 11.3 Å². The Bertz CT molecular complexity index is 627. The van der Waals surface area contributed by atoms with E-state index in [2.05, 4.69) is 15.3 Å². The standard InChI is InChI=1S/C15H17F2N3/c1-4-12-19-11(8-13(20-12)18-5-2)14-10(16)7-6-9(3)15(14)17/h6-8H,4-5H2,1-3H3,(H,18,19,20). The van der Waals surface area contributed by atoms with Gasteiger partial charge in [-0.2, -0.15) is 0 Å². The molecule has 2 rings (SSSR count). The van der Waals surface area contributed by atoms with Gasteiger partial charge in [-0.1, -0.05) is 13.0 Å². The maximum absolute atomic E-state index is 14.2. The van der Waals surface area contributed by atoms with Crippen molar-refractivity contribution in [2.75, 3.05) is 11.9 Å². The van der Waals surface area contributed by atoms with Crippen molar-refractivity contribution < 1.29 is 8.78 Å². The molecule has 0 aliphatic heterocycles. The molecule has 0 bridgehead atoms. The largest absolute Gasteiger partial charge is 0.370 e. The predicted octanol–water partition coefficient (Wildman–Crippen LogP) is 3.72. The highest BCUT2D eigenvalue weighted by Crippen LogP contribution is 2.28. The number of anilines is 1. The van der Waals surface area contributed by atoms with Crippen LogP contribution in [0.2, 0.25) is 0 Å². The molecule has 0 aliphatic carbocycles. The van der Waals surface area contributed by atoms with Crippen LogP contribution in [0.1, 0.15) is 25.2 Å². The summed E-state index contributed by atoms with van der Waals surface area (Å²) in [6, 6.07) is 4.25. The Labute approximate surface area is 117 Å². The molecule has 0 unspecified atom stereocenters. The van der Waals surface area contributed by atoms with Crippen molar-refractivity contribution in [3.8, 4) is 11.3 Å². The summed E-state index contributed by atoms with van der Waals surface area (Å²) in [7, 11) is 0. The first-order valence-corrected chi connectivity index (χ1v) is 6.63. The molecule has 1 heterocycles. The third kappa shape index (κ3) is 2.76. The normalized spacial score (nSPS) is 10.7. The van der Waals surface area contributed by atoms with E-state index in [1.807, 2.05) is 13.8 Å². The number of nitrogens with zero attached hydrogens (tertiary/aromatic N) is 2. The first kappa shape index (κ1) is 14.4. The van der Waals surface area contributed by atoms with Crippen LogP contribution >= 0.6 is 0 Å². The number of aromatic nitrogens is 2. The van der Waals surface area contributed by atoms with E-state index in [1.54, 1.807) is 13.0 Å². The summed E-state index contributed by atoms with van der Waals surface area (Å²) >= 11 is 0. The molecule has 1 aromatic carbocycles. The molecule has 0 saturated carbocycles. The Hall–Kier alpha value is -2.04. The lowest BCUT2D eigenvalue weighted by Crippen LogP contribution is -2.05. The third-order valence-electron chi connectivity index (χ3n) is 2.99. The summed E-state index contributed by atoms with van der Waals surface area (Å²) in [5.41, 5.74) is 0.566. The molecule has 106 valence electrons. The molecule has 2 aromatic rings. The van der Waals surface area contributed by atoms with Gasteiger partial charge in [-0.05, 0) is 25.5 Å². The molecule has 0 amide bonds. The number of benzene rings is 1. The number of hydrogen-bond acceptors (Lipinski definition) is 3. The average Bonchev–Trinajstić information content (AvgIpc) is 2.43. The average molecular weight is 277 g/mol. The van der Waals surface area contributed by atoms with Gasteiger partial charge in [-0.25, -0.2) is 18.7 Å². The van der Waals surface area contributed by atoms with Crippen molar-refractivity contribution in [3.05, 3.63) is 41.2 Å². The topological polar surface area (TPSA) is 37.8 Å². The third-order valence-corrected chi connectivity index (χ3v) is 2.99. The van der Waals surface area contributed by atoms with Gasteiger partial charge in [-0.3, -0.25) is 0 Å². The van der Waals surface area contributed by atoms with Gasteiger partial charge in [0.1, 0.15) is 23.3 Å². The Morgan fingerprint density at radius 2 is 1.90 bits per heavy atom. The van der Waals surface area contributed by atoms with Crippen LogP contribution in [0.15, 0.2) is 18.2 Å². The lowest BCUT2D eigenvalue weighted by Gasteiger charge is -2.10. The van der Waals surface area contributed by atoms with Crippen LogP contribution < -0.4 is 5.32 Å². The Kier molecular flexibility index (Phi) is 4.27. The highest BCUT2D eigenvalue weighted by Gasteiger charge is 2.16. The van der Waals surface area contributed by atoms with E-state index in [9.17, 15) is 8.78 Å². The quantitative estimate of drug-likeness (QED) is 0.925. The number of hydrogen-bond donors (Lipinski definition) is 1. The van der Waals surface area contributed by atoms with Gasteiger partial charge < -0.3 is 5.32 Å². The summed E-state index contributed by atoms with van der Waals surface area (Å²) in [4.78, 5) is 8.52. The predicted molar refractivity (Wildman–Crippen MR) is 75.7 cm³/mol. The minimum atomic E-state index is -0.615. The van der Waals surface area contributed by atoms with Crippen molar-refractivity contribution in [3.63, 3.8) is 0 Å². The molecule has 0 atom stereocenters. The SMILES string of the molecule is CCNc1cc(-c2c(F)ccc(C)c2F)nc(CC)n1. The van der Waals surface area contributed by atoms with Crippen molar-refractivity contribution in [2.45, 2.75) is 27.2 Å². The first-order valence-electron chi connectivity index (χ1n) is 6.63. The van der Waals surface area contributed by atoms with Crippen molar-refractivity contribution in [2.24, 2.45) is 0 Å². The van der Waals surface area contributed by atoms with E-state index in [1.165, 1.54) is 12.1 Å². The van der Waals surface area contributed by atoms with Gasteiger partial charge in [0.15, 0.2) is 0 Å². The van der Waals surface area contributed by atoms with Crippen LogP contribution in [0, 0.1) is 18.6 Å². The second-order valence-electron chi connectivity index (χ2n) is 4.49. The van der Waals surface area contributed by atoms with Crippen molar-refractivity contribution in [1.29, 1.82) is 0 Å². The van der Waals surface area contributed by atoms with E-state index in [0.29, 0.717) is 30.2 Å². The van der Waals surface area contributed by atoms with Crippen molar-refractivity contribution >= 4 is 5.82 Å². The number of nitrogens with one attached hydrogen (secondary N) is 1. The molecular weight excluding hydrogens is 260 g/mol. The summed E-state index contributed by atoms with van der Waals surface area (Å²) in [5, 5.41) is 3.05. The van der Waals surface area contributed by atoms with Gasteiger partial charge in [0.05, 0.1) is 11.3 Å². The van der Waals surface area contributed by atoms with Crippen LogP contribution in [0.3, 0.4) is 0 Å². The van der Waals surface area contributed by atoms with Gasteiger partial charge in [0, 0.05) is 19.0 Å². The van der Waals surface area contributed by atoms with E-state index in [0.717, 1.165) is 0 Å². The van der Waals surface area contributed by atoms with E-state index >= 15 is 0 Å². The zero-order chi connectivity index (χ0) is 14.7. The van der Waals surface area contributed by atoms with Crippen LogP contribution in [0.4, 0.5) is 14.6 Å². The maximum atomic E-state index is 14.2. The fourth-order valence-corrected chi connectivity index (χ4v) is 1.95. The summed E-state index contributed by atoms with van der Waals surface area (Å²) < 4.78 is 28.1. The number of rotatable bonds is 4. The van der Waals surface area contributed by atoms with Gasteiger partial charge in [0.2, 0.25) is 0 Å². The Morgan fingerprint density at radius 1 is 1.15 bits per heavy atom. The summed E-state index contributed by atoms with van der Waals surface area (Å²) in [5.74, 6) is -0.0575. The first-order chi connectivity index (χ1) is 9.56. The Morgan fingerprint density at radius 3 is 2.55 bits per heavy atom. The highest BCUT2D eigenvalue weighted by atomic mass is 19.1. The Balaban J connectivity index is 2.63. The van der Waals surface area contributed by atoms with Crippen LogP contribution in [0.5, 0.6) is 0 Å². The molecule has 0 saturated heterocycles. The highest BCUT2D eigenvalue weighted by molar-refractivity contribution is 5.65. The van der Waals surface area contributed by atoms with E-state index in [-0.39, 0.29) is 11.3 Å². The smallest absolute Gasteiger partial charge is 0.138 e. The van der Waals surface area contributed by atoms with E-state index in [4.69, 9.17) is 0 Å². The fraction of sp³-hybridized carbons (Fsp3) is 0.333. The van der Waals surface area contributed by atoms with Crippen LogP contribution in [-0.4, -0.2) is 16.5 Å². The number of halogens is 2. The minimum Gasteiger partial charge on any atom is -0.370 e. The molecule has 0 fully saturated rings. The van der Waals surface area contributed by atoms with E-state index < -0.39 is 11.6 Å². The second-order valence-corrected chi connectivity index (χ2v) is 4.49. The second kappa shape index (κ2) is 5.94. The lowest BCUT2D eigenvalue weighted by atomic mass is 10.1. The van der Waals surface area contributed by atoms with Gasteiger partial charge in [-0.15, -0.1) is 0 Å². The minimum absolute atomic E-state index is 0.0961. The summed E-state index contributed by atoms with van der Waals surface area (Å²) in [6.45, 7) is 6.11. The summed E-state index contributed by atoms with van der Waals surface area (Å²) in [6.07, 6.45) is 0.599. The molecule has 1 aromatic heterocycles. The maximum Gasteiger partial charge on any atom is 0.138 e. The van der Waals surface area contributed by atoms with Crippen LogP contribution in [-0.2, 0) is 6.42 Å². The van der Waals surface area contributed by atoms with Crippen molar-refractivity contribution in [1.82, 2.24) is 9.97 Å². The lowest BCUT2D eigenvalue weighted by molar-refractivity contribution is 0.582. The molecule has 0 spiro atoms. The molecule has 0 aliphatic rings. The van der Waals surface area contributed by atoms with Gasteiger partial charge >= 0.3 is 0 Å². The zero-order valence-electron chi connectivity index (χ0n) is 11.8. The zero-order valence-corrected chi connectivity index (χ0v) is 11.8. The monoisotopic (exact) mass is 277 g/mol. The molecule has 5 heteroatoms. The molecule has 3 nitrogen and oxygen atoms in total. The molecular formula is C15H17F2N3.